The average molecular weight is 658 g/mol. The fourth-order valence-electron chi connectivity index (χ4n) is 7.50. The largest absolute Gasteiger partial charge is 0.369 e. The van der Waals surface area contributed by atoms with E-state index < -0.39 is 42.2 Å². The minimum atomic E-state index is -4.55. The summed E-state index contributed by atoms with van der Waals surface area (Å²) in [7, 11) is 2.20. The second kappa shape index (κ2) is 16.6. The first-order valence-corrected chi connectivity index (χ1v) is 16.9. The Hall–Kier alpha value is -1.77. The van der Waals surface area contributed by atoms with Crippen LogP contribution in [0.4, 0.5) is 8.78 Å². The minimum Gasteiger partial charge on any atom is -0.369 e. The number of amides is 1. The van der Waals surface area contributed by atoms with Gasteiger partial charge in [-0.1, -0.05) is 65.0 Å². The molecule has 2 aliphatic heterocycles. The number of likely N-dealkylation sites (tertiary alicyclic amines) is 1. The lowest BCUT2D eigenvalue weighted by molar-refractivity contribution is -0.421. The van der Waals surface area contributed by atoms with Gasteiger partial charge in [0.2, 0.25) is 17.5 Å². The Morgan fingerprint density at radius 2 is 1.57 bits per heavy atom. The van der Waals surface area contributed by atoms with Gasteiger partial charge in [0.1, 0.15) is 0 Å². The van der Waals surface area contributed by atoms with Crippen molar-refractivity contribution < 1.29 is 34.0 Å². The Kier molecular flexibility index (Phi) is 14.5. The van der Waals surface area contributed by atoms with Crippen LogP contribution in [0.5, 0.6) is 0 Å². The average Bonchev–Trinajstić information content (AvgIpc) is 3.42. The van der Waals surface area contributed by atoms with Crippen molar-refractivity contribution in [3.63, 3.8) is 0 Å². The van der Waals surface area contributed by atoms with E-state index in [0.29, 0.717) is 36.4 Å². The lowest BCUT2D eigenvalue weighted by atomic mass is 9.77. The molecule has 2 heterocycles. The number of hydrogen-bond acceptors (Lipinski definition) is 9. The normalized spacial score (nSPS) is 30.3. The monoisotopic (exact) mass is 657 g/mol. The van der Waals surface area contributed by atoms with Crippen molar-refractivity contribution in [3.05, 3.63) is 35.9 Å². The lowest BCUT2D eigenvalue weighted by Crippen LogP contribution is -2.68. The van der Waals surface area contributed by atoms with Gasteiger partial charge in [0.05, 0.1) is 12.3 Å². The number of rotatable bonds is 9. The summed E-state index contributed by atoms with van der Waals surface area (Å²) in [6.45, 7) is 19.6. The van der Waals surface area contributed by atoms with Crippen LogP contribution in [0.25, 0.3) is 0 Å². The van der Waals surface area contributed by atoms with Gasteiger partial charge in [-0.2, -0.15) is 8.78 Å². The smallest absolute Gasteiger partial charge is 0.352 e. The van der Waals surface area contributed by atoms with Crippen LogP contribution in [-0.4, -0.2) is 103 Å². The molecule has 3 aliphatic rings. The molecule has 1 saturated carbocycles. The molecule has 0 bridgehead atoms. The van der Waals surface area contributed by atoms with Crippen LogP contribution in [-0.2, 0) is 11.2 Å². The van der Waals surface area contributed by atoms with Crippen LogP contribution < -0.4 is 11.2 Å². The third-order valence-electron chi connectivity index (χ3n) is 9.91. The van der Waals surface area contributed by atoms with Crippen LogP contribution in [0.3, 0.4) is 0 Å². The molecule has 6 unspecified atom stereocenters. The summed E-state index contributed by atoms with van der Waals surface area (Å²) in [6.07, 6.45) is 3.85. The Morgan fingerprint density at radius 1 is 1.02 bits per heavy atom. The molecular formula is C34H61F2N5O5. The van der Waals surface area contributed by atoms with Crippen LogP contribution in [0, 0.1) is 17.8 Å². The molecule has 0 aromatic heterocycles. The molecule has 12 heteroatoms. The fraction of sp³-hybridized carbons (Fsp3) is 0.794. The minimum absolute atomic E-state index is 0.408. The van der Waals surface area contributed by atoms with Gasteiger partial charge in [-0.3, -0.25) is 14.6 Å². The van der Waals surface area contributed by atoms with Gasteiger partial charge in [0, 0.05) is 43.9 Å². The van der Waals surface area contributed by atoms with E-state index >= 15 is 0 Å². The van der Waals surface area contributed by atoms with Crippen molar-refractivity contribution in [2.75, 3.05) is 13.6 Å². The van der Waals surface area contributed by atoms with Gasteiger partial charge in [-0.05, 0) is 70.4 Å². The highest BCUT2D eigenvalue weighted by Gasteiger charge is 2.70. The zero-order valence-electron chi connectivity index (χ0n) is 29.3. The summed E-state index contributed by atoms with van der Waals surface area (Å²) in [6, 6.07) is 12.9. The summed E-state index contributed by atoms with van der Waals surface area (Å²) in [5.74, 6) is -13.0. The first-order valence-electron chi connectivity index (χ1n) is 16.9. The Balaban J connectivity index is 0.000000365. The Morgan fingerprint density at radius 3 is 2.07 bits per heavy atom. The number of alkyl halides is 2. The number of hydrogen-bond donors (Lipinski definition) is 6. The highest BCUT2D eigenvalue weighted by molar-refractivity contribution is 5.77. The molecular weight excluding hydrogens is 596 g/mol. The first kappa shape index (κ1) is 40.4. The van der Waals surface area contributed by atoms with Gasteiger partial charge in [-0.25, -0.2) is 10.4 Å². The number of aliphatic hydroxyl groups is 4. The van der Waals surface area contributed by atoms with E-state index in [1.165, 1.54) is 37.8 Å². The van der Waals surface area contributed by atoms with Crippen molar-refractivity contribution in [1.82, 2.24) is 20.2 Å². The predicted molar refractivity (Wildman–Crippen MR) is 176 cm³/mol. The summed E-state index contributed by atoms with van der Waals surface area (Å²) in [5.41, 5.74) is 9.87. The number of nitrogens with two attached hydrogens (primary N) is 1. The highest BCUT2D eigenvalue weighted by Crippen LogP contribution is 2.47. The van der Waals surface area contributed by atoms with E-state index in [4.69, 9.17) is 26.2 Å². The molecule has 7 N–H and O–H groups in total. The van der Waals surface area contributed by atoms with Crippen molar-refractivity contribution in [1.29, 1.82) is 0 Å². The fourth-order valence-corrected chi connectivity index (χ4v) is 7.50. The maximum absolute atomic E-state index is 13.0. The second-order valence-electron chi connectivity index (χ2n) is 13.8. The van der Waals surface area contributed by atoms with Crippen molar-refractivity contribution in [3.8, 4) is 0 Å². The summed E-state index contributed by atoms with van der Waals surface area (Å²) in [4.78, 5) is 16.2. The van der Waals surface area contributed by atoms with E-state index in [2.05, 4.69) is 99.2 Å². The van der Waals surface area contributed by atoms with E-state index in [9.17, 15) is 13.6 Å². The van der Waals surface area contributed by atoms with Crippen LogP contribution in [0.1, 0.15) is 93.1 Å². The molecule has 2 saturated heterocycles. The van der Waals surface area contributed by atoms with Crippen LogP contribution >= 0.6 is 0 Å². The van der Waals surface area contributed by atoms with E-state index in [-0.39, 0.29) is 0 Å². The van der Waals surface area contributed by atoms with Gasteiger partial charge >= 0.3 is 5.92 Å². The number of hydrazine groups is 1. The molecule has 1 amide bonds. The Bertz CT molecular complexity index is 1060. The molecule has 4 rings (SSSR count). The molecule has 10 nitrogen and oxygen atoms in total. The molecule has 6 atom stereocenters. The molecule has 1 aromatic carbocycles. The summed E-state index contributed by atoms with van der Waals surface area (Å²) >= 11 is 0. The highest BCUT2D eigenvalue weighted by atomic mass is 19.3. The molecule has 0 radical (unpaired) electrons. The standard InChI is InChI=1S/C25H44N4.C7H11F2NO5.C2H6/c1-18(2)25-27(7)26-22(6)29(25)20(4)17-24-16-19(3)21(5)28(24)15-11-14-23-12-9-8-10-13-23;8-7(9)5(12,13)1-3(4(10)11)2-6(7,14)15;1-2/h8-10,12-13,18-22,24-26H,11,14-17H2,1-7H3;3,12-15H,1-2H2,(H2,10,11);1-2H3. The SMILES string of the molecule is CC.CC(C)C1N(C)NC(C)N1C(C)CC1CC(C)C(C)N1CCCc1ccccc1.NC(=O)C1CC(O)(O)C(F)(F)C(O)(O)C1. The maximum Gasteiger partial charge on any atom is 0.352 e. The van der Waals surface area contributed by atoms with Crippen molar-refractivity contribution in [2.45, 2.75) is 142 Å². The number of carbonyl (C=O) groups excluding carboxylic acids is 1. The summed E-state index contributed by atoms with van der Waals surface area (Å²) in [5, 5.41) is 38.1. The third kappa shape index (κ3) is 9.22. The van der Waals surface area contributed by atoms with Gasteiger partial charge in [0.25, 0.3) is 0 Å². The van der Waals surface area contributed by atoms with Crippen molar-refractivity contribution in [2.24, 2.45) is 23.5 Å². The predicted octanol–water partition coefficient (Wildman–Crippen LogP) is 3.48. The van der Waals surface area contributed by atoms with Crippen molar-refractivity contribution >= 4 is 5.91 Å². The van der Waals surface area contributed by atoms with E-state index in [1.54, 1.807) is 0 Å². The third-order valence-corrected chi connectivity index (χ3v) is 9.91. The van der Waals surface area contributed by atoms with E-state index in [0.717, 1.165) is 5.92 Å². The molecule has 0 spiro atoms. The molecule has 1 aliphatic carbocycles. The zero-order valence-corrected chi connectivity index (χ0v) is 29.3. The number of nitrogens with zero attached hydrogens (tertiary/aromatic N) is 3. The second-order valence-corrected chi connectivity index (χ2v) is 13.8. The van der Waals surface area contributed by atoms with Gasteiger partial charge < -0.3 is 26.2 Å². The molecule has 1 aromatic rings. The maximum atomic E-state index is 13.0. The molecule has 46 heavy (non-hydrogen) atoms. The zero-order chi connectivity index (χ0) is 35.2. The molecule has 3 fully saturated rings. The number of nitrogens with one attached hydrogen (secondary N) is 1. The van der Waals surface area contributed by atoms with Gasteiger partial charge in [-0.15, -0.1) is 0 Å². The number of carbonyl (C=O) groups is 1. The Labute approximate surface area is 274 Å². The molecule has 266 valence electrons. The summed E-state index contributed by atoms with van der Waals surface area (Å²) < 4.78 is 26.1. The quantitative estimate of drug-likeness (QED) is 0.220. The number of aryl methyl sites for hydroxylation is 1. The van der Waals surface area contributed by atoms with Crippen LogP contribution in [0.15, 0.2) is 30.3 Å². The lowest BCUT2D eigenvalue weighted by Gasteiger charge is -2.45. The van der Waals surface area contributed by atoms with E-state index in [1.807, 2.05) is 13.8 Å². The van der Waals surface area contributed by atoms with Crippen LogP contribution in [0.2, 0.25) is 0 Å². The number of primary amides is 1. The number of benzene rings is 1. The van der Waals surface area contributed by atoms with Gasteiger partial charge in [0.15, 0.2) is 0 Å². The first-order chi connectivity index (χ1) is 21.3. The topological polar surface area (TPSA) is 146 Å². The number of halogens is 2.